The molecule has 0 saturated heterocycles. The van der Waals surface area contributed by atoms with E-state index in [-0.39, 0.29) is 0 Å². The predicted octanol–water partition coefficient (Wildman–Crippen LogP) is 3.35. The number of benzene rings is 1. The monoisotopic (exact) mass is 299 g/mol. The lowest BCUT2D eigenvalue weighted by molar-refractivity contribution is 0.271. The Kier molecular flexibility index (Phi) is 6.78. The van der Waals surface area contributed by atoms with Crippen LogP contribution in [0.5, 0.6) is 0 Å². The summed E-state index contributed by atoms with van der Waals surface area (Å²) < 4.78 is 1.14. The van der Waals surface area contributed by atoms with Crippen LogP contribution in [-0.4, -0.2) is 30.2 Å². The second-order valence-electron chi connectivity index (χ2n) is 4.59. The highest BCUT2D eigenvalue weighted by Gasteiger charge is 2.03. The van der Waals surface area contributed by atoms with Crippen LogP contribution in [0.2, 0.25) is 0 Å². The third-order valence-corrected chi connectivity index (χ3v) is 3.44. The predicted molar refractivity (Wildman–Crippen MR) is 76.1 cm³/mol. The van der Waals surface area contributed by atoms with Crippen molar-refractivity contribution in [3.8, 4) is 0 Å². The summed E-state index contributed by atoms with van der Waals surface area (Å²) in [7, 11) is 2.15. The molecule has 0 fully saturated rings. The molecule has 0 heterocycles. The summed E-state index contributed by atoms with van der Waals surface area (Å²) in [6.45, 7) is 4.56. The van der Waals surface area contributed by atoms with E-state index in [1.165, 1.54) is 11.1 Å². The summed E-state index contributed by atoms with van der Waals surface area (Å²) in [6, 6.07) is 6.44. The minimum Gasteiger partial charge on any atom is -0.396 e. The number of hydrogen-bond donors (Lipinski definition) is 1. The van der Waals surface area contributed by atoms with E-state index in [1.54, 1.807) is 0 Å². The van der Waals surface area contributed by atoms with E-state index in [1.807, 2.05) is 0 Å². The van der Waals surface area contributed by atoms with E-state index in [0.29, 0.717) is 6.61 Å². The highest BCUT2D eigenvalue weighted by molar-refractivity contribution is 9.10. The van der Waals surface area contributed by atoms with Gasteiger partial charge in [0.1, 0.15) is 0 Å². The lowest BCUT2D eigenvalue weighted by Gasteiger charge is -2.18. The molecule has 0 atom stereocenters. The Morgan fingerprint density at radius 3 is 2.65 bits per heavy atom. The van der Waals surface area contributed by atoms with Crippen LogP contribution in [-0.2, 0) is 6.54 Å². The molecule has 2 nitrogen and oxygen atoms in total. The normalized spacial score (nSPS) is 11.1. The number of aliphatic hydroxyl groups excluding tert-OH is 1. The molecule has 0 aliphatic carbocycles. The summed E-state index contributed by atoms with van der Waals surface area (Å²) in [5.41, 5.74) is 2.72. The van der Waals surface area contributed by atoms with Gasteiger partial charge in [-0.15, -0.1) is 0 Å². The molecule has 1 N–H and O–H groups in total. The lowest BCUT2D eigenvalue weighted by Crippen LogP contribution is -2.19. The quantitative estimate of drug-likeness (QED) is 0.781. The van der Waals surface area contributed by atoms with Crippen molar-refractivity contribution in [1.82, 2.24) is 4.90 Å². The summed E-state index contributed by atoms with van der Waals surface area (Å²) >= 11 is 3.48. The average molecular weight is 300 g/mol. The molecule has 17 heavy (non-hydrogen) atoms. The van der Waals surface area contributed by atoms with E-state index in [0.717, 1.165) is 36.8 Å². The third kappa shape index (κ3) is 5.66. The van der Waals surface area contributed by atoms with Gasteiger partial charge in [0.25, 0.3) is 0 Å². The molecule has 0 spiro atoms. The zero-order valence-electron chi connectivity index (χ0n) is 10.7. The highest BCUT2D eigenvalue weighted by atomic mass is 79.9. The number of nitrogens with zero attached hydrogens (tertiary/aromatic N) is 1. The van der Waals surface area contributed by atoms with Crippen LogP contribution in [0.15, 0.2) is 22.7 Å². The maximum Gasteiger partial charge on any atom is 0.0431 e. The molecule has 0 amide bonds. The van der Waals surface area contributed by atoms with Crippen molar-refractivity contribution in [1.29, 1.82) is 0 Å². The largest absolute Gasteiger partial charge is 0.396 e. The molecule has 0 saturated carbocycles. The van der Waals surface area contributed by atoms with Crippen LogP contribution in [0.4, 0.5) is 0 Å². The van der Waals surface area contributed by atoms with E-state index in [9.17, 15) is 0 Å². The van der Waals surface area contributed by atoms with Crippen LogP contribution in [0.25, 0.3) is 0 Å². The van der Waals surface area contributed by atoms with Crippen LogP contribution >= 0.6 is 15.9 Å². The maximum absolute atomic E-state index is 8.71. The van der Waals surface area contributed by atoms with E-state index >= 15 is 0 Å². The highest BCUT2D eigenvalue weighted by Crippen LogP contribution is 2.17. The van der Waals surface area contributed by atoms with Crippen molar-refractivity contribution in [2.24, 2.45) is 0 Å². The smallest absolute Gasteiger partial charge is 0.0431 e. The van der Waals surface area contributed by atoms with E-state index < -0.39 is 0 Å². The molecular weight excluding hydrogens is 278 g/mol. The Hall–Kier alpha value is -0.380. The first-order valence-corrected chi connectivity index (χ1v) is 6.97. The molecule has 0 aliphatic heterocycles. The molecule has 3 heteroatoms. The van der Waals surface area contributed by atoms with Crippen LogP contribution < -0.4 is 0 Å². The minimum absolute atomic E-state index is 0.315. The Morgan fingerprint density at radius 1 is 1.24 bits per heavy atom. The van der Waals surface area contributed by atoms with Gasteiger partial charge in [0.2, 0.25) is 0 Å². The van der Waals surface area contributed by atoms with Gasteiger partial charge in [-0.3, -0.25) is 0 Å². The van der Waals surface area contributed by atoms with Crippen LogP contribution in [0, 0.1) is 6.92 Å². The van der Waals surface area contributed by atoms with Gasteiger partial charge >= 0.3 is 0 Å². The zero-order valence-corrected chi connectivity index (χ0v) is 12.3. The number of aryl methyl sites for hydroxylation is 1. The molecule has 0 aromatic heterocycles. The molecule has 1 rings (SSSR count). The van der Waals surface area contributed by atoms with Gasteiger partial charge in [-0.2, -0.15) is 0 Å². The molecule has 1 aromatic carbocycles. The van der Waals surface area contributed by atoms with E-state index in [2.05, 4.69) is 53.0 Å². The fourth-order valence-electron chi connectivity index (χ4n) is 1.88. The van der Waals surface area contributed by atoms with Crippen molar-refractivity contribution in [3.63, 3.8) is 0 Å². The molecule has 1 aromatic rings. The Balaban J connectivity index is 2.37. The van der Waals surface area contributed by atoms with E-state index in [4.69, 9.17) is 5.11 Å². The van der Waals surface area contributed by atoms with Crippen LogP contribution in [0.1, 0.15) is 30.4 Å². The topological polar surface area (TPSA) is 23.5 Å². The second-order valence-corrected chi connectivity index (χ2v) is 5.51. The van der Waals surface area contributed by atoms with Crippen LogP contribution in [0.3, 0.4) is 0 Å². The molecule has 0 bridgehead atoms. The average Bonchev–Trinajstić information content (AvgIpc) is 2.28. The molecule has 96 valence electrons. The van der Waals surface area contributed by atoms with Crippen molar-refractivity contribution in [3.05, 3.63) is 33.8 Å². The van der Waals surface area contributed by atoms with Gasteiger partial charge in [0, 0.05) is 17.6 Å². The van der Waals surface area contributed by atoms with Gasteiger partial charge in [0.15, 0.2) is 0 Å². The van der Waals surface area contributed by atoms with Gasteiger partial charge in [0.05, 0.1) is 0 Å². The summed E-state index contributed by atoms with van der Waals surface area (Å²) in [5.74, 6) is 0. The minimum atomic E-state index is 0.315. The Labute approximate surface area is 113 Å². The lowest BCUT2D eigenvalue weighted by atomic mass is 10.1. The first-order chi connectivity index (χ1) is 8.13. The Bertz CT molecular complexity index is 341. The van der Waals surface area contributed by atoms with Gasteiger partial charge < -0.3 is 10.0 Å². The number of rotatable bonds is 7. The molecule has 0 radical (unpaired) electrons. The third-order valence-electron chi connectivity index (χ3n) is 2.94. The zero-order chi connectivity index (χ0) is 12.7. The first-order valence-electron chi connectivity index (χ1n) is 6.18. The second kappa shape index (κ2) is 7.85. The molecule has 0 aliphatic rings. The number of hydrogen-bond acceptors (Lipinski definition) is 2. The van der Waals surface area contributed by atoms with Crippen molar-refractivity contribution in [2.75, 3.05) is 20.2 Å². The van der Waals surface area contributed by atoms with Gasteiger partial charge in [-0.1, -0.05) is 22.0 Å². The SMILES string of the molecule is Cc1cc(Br)ccc1CN(C)CCCCCO. The maximum atomic E-state index is 8.71. The number of halogens is 1. The summed E-state index contributed by atoms with van der Waals surface area (Å²) in [5, 5.41) is 8.71. The van der Waals surface area contributed by atoms with Crippen molar-refractivity contribution < 1.29 is 5.11 Å². The molecular formula is C14H22BrNO. The Morgan fingerprint density at radius 2 is 2.00 bits per heavy atom. The number of unbranched alkanes of at least 4 members (excludes halogenated alkanes) is 2. The van der Waals surface area contributed by atoms with Crippen molar-refractivity contribution in [2.45, 2.75) is 32.7 Å². The summed E-state index contributed by atoms with van der Waals surface area (Å²) in [6.07, 6.45) is 3.19. The van der Waals surface area contributed by atoms with Gasteiger partial charge in [-0.25, -0.2) is 0 Å². The first kappa shape index (κ1) is 14.7. The standard InChI is InChI=1S/C14H22BrNO/c1-12-10-14(15)7-6-13(12)11-16(2)8-4-3-5-9-17/h6-7,10,17H,3-5,8-9,11H2,1-2H3. The fraction of sp³-hybridized carbons (Fsp3) is 0.571. The van der Waals surface area contributed by atoms with Crippen molar-refractivity contribution >= 4 is 15.9 Å². The van der Waals surface area contributed by atoms with Gasteiger partial charge in [-0.05, 0) is 63.0 Å². The number of aliphatic hydroxyl groups is 1. The summed E-state index contributed by atoms with van der Waals surface area (Å²) in [4.78, 5) is 2.34. The fourth-order valence-corrected chi connectivity index (χ4v) is 2.35. The molecule has 0 unspecified atom stereocenters.